The maximum Gasteiger partial charge on any atom is 0.333 e. The van der Waals surface area contributed by atoms with Gasteiger partial charge in [0.25, 0.3) is 5.56 Å². The Hall–Kier alpha value is -3.13. The van der Waals surface area contributed by atoms with E-state index in [0.717, 1.165) is 49.5 Å². The number of nitrogens with zero attached hydrogens (tertiary/aromatic N) is 2. The van der Waals surface area contributed by atoms with Gasteiger partial charge in [-0.25, -0.2) is 9.59 Å². The zero-order chi connectivity index (χ0) is 46.8. The van der Waals surface area contributed by atoms with Gasteiger partial charge in [0.2, 0.25) is 5.91 Å². The molecular weight excluding hydrogens is 825 g/mol. The molecule has 3 rings (SSSR count). The van der Waals surface area contributed by atoms with Crippen molar-refractivity contribution in [2.75, 3.05) is 13.7 Å². The summed E-state index contributed by atoms with van der Waals surface area (Å²) in [5, 5.41) is 14.8. The van der Waals surface area contributed by atoms with Gasteiger partial charge in [0.05, 0.1) is 13.7 Å². The van der Waals surface area contributed by atoms with E-state index in [1.807, 2.05) is 0 Å². The van der Waals surface area contributed by atoms with E-state index >= 15 is 0 Å². The van der Waals surface area contributed by atoms with Gasteiger partial charge in [-0.2, -0.15) is 0 Å². The number of nitrogens with one attached hydrogen (secondary N) is 1. The molecule has 1 amide bonds. The minimum absolute atomic E-state index is 0.0273. The van der Waals surface area contributed by atoms with E-state index in [-0.39, 0.29) is 23.0 Å². The number of rotatable bonds is 22. The highest BCUT2D eigenvalue weighted by atomic mass is 28.4. The van der Waals surface area contributed by atoms with Crippen LogP contribution in [0.4, 0.5) is 0 Å². The normalized spacial score (nSPS) is 19.9. The summed E-state index contributed by atoms with van der Waals surface area (Å²) < 4.78 is 34.7. The number of benzene rings is 1. The molecule has 2 heterocycles. The van der Waals surface area contributed by atoms with Gasteiger partial charge in [-0.15, -0.1) is 0 Å². The lowest BCUT2D eigenvalue weighted by Gasteiger charge is -2.44. The third kappa shape index (κ3) is 14.7. The number of aliphatic hydroxyl groups excluding tert-OH is 1. The first kappa shape index (κ1) is 53.2. The second kappa shape index (κ2) is 22.2. The topological polar surface area (TPSA) is 183 Å². The highest BCUT2D eigenvalue weighted by molar-refractivity contribution is 6.74. The first-order valence-electron chi connectivity index (χ1n) is 22.5. The fourth-order valence-corrected chi connectivity index (χ4v) is 9.40. The van der Waals surface area contributed by atoms with Gasteiger partial charge < -0.3 is 39.2 Å². The molecule has 0 spiro atoms. The number of ether oxygens (including phenoxy) is 3. The molecule has 14 nitrogen and oxygen atoms in total. The van der Waals surface area contributed by atoms with Crippen LogP contribution >= 0.6 is 0 Å². The van der Waals surface area contributed by atoms with Crippen molar-refractivity contribution in [3.63, 3.8) is 0 Å². The number of carbonyl (C=O) groups excluding carboxylic acids is 2. The first-order valence-corrected chi connectivity index (χ1v) is 28.3. The maximum absolute atomic E-state index is 14.6. The molecule has 1 aromatic carbocycles. The molecule has 62 heavy (non-hydrogen) atoms. The SMILES string of the molecule is COc1ccc(Cn2c(=O)ccn([C@@H]3OC([C@H](O)[C@H](NC(=O)CCCCCCCCCCN)C(=O)OC(C)(C)C)[C@@H](O[Si](C)(C)C(C)(C)C)[C@H]3O[Si](C)(C)C(C)(C)C)c2=O)cc1. The van der Waals surface area contributed by atoms with Crippen LogP contribution in [0.5, 0.6) is 5.75 Å². The standard InChI is InChI=1S/C46H80N4O10Si2/c1-44(2,3)58-42(54)36(48-34(51)23-21-19-17-15-16-18-20-22-29-47)37(53)38-39(59-61(11,12)45(4,5)6)40(60-62(13,14)46(7,8)9)41(57-38)49-30-28-35(52)50(43(49)55)31-32-24-26-33(56-10)27-25-32/h24-28,30,36-41,53H,15-23,29,31,47H2,1-14H3,(H,48,51)/t36-,37+,38?,39+,40+,41+/m0/s1. The Morgan fingerprint density at radius 1 is 0.806 bits per heavy atom. The smallest absolute Gasteiger partial charge is 0.333 e. The van der Waals surface area contributed by atoms with Crippen molar-refractivity contribution < 1.29 is 37.8 Å². The zero-order valence-corrected chi connectivity index (χ0v) is 42.3. The van der Waals surface area contributed by atoms with Crippen molar-refractivity contribution in [2.24, 2.45) is 5.73 Å². The van der Waals surface area contributed by atoms with Crippen LogP contribution in [0.2, 0.25) is 36.3 Å². The predicted molar refractivity (Wildman–Crippen MR) is 249 cm³/mol. The van der Waals surface area contributed by atoms with Crippen LogP contribution in [0.25, 0.3) is 0 Å². The number of esters is 1. The van der Waals surface area contributed by atoms with E-state index in [4.69, 9.17) is 28.8 Å². The Bertz CT molecular complexity index is 1860. The van der Waals surface area contributed by atoms with Gasteiger partial charge in [-0.3, -0.25) is 18.7 Å². The molecule has 1 aliphatic rings. The average molecular weight is 905 g/mol. The van der Waals surface area contributed by atoms with E-state index in [9.17, 15) is 24.3 Å². The lowest BCUT2D eigenvalue weighted by atomic mass is 9.98. The Labute approximate surface area is 372 Å². The van der Waals surface area contributed by atoms with E-state index in [2.05, 4.69) is 73.0 Å². The summed E-state index contributed by atoms with van der Waals surface area (Å²) >= 11 is 0. The lowest BCUT2D eigenvalue weighted by Crippen LogP contribution is -2.60. The van der Waals surface area contributed by atoms with Crippen LogP contribution in [-0.2, 0) is 34.5 Å². The summed E-state index contributed by atoms with van der Waals surface area (Å²) in [7, 11) is -3.88. The van der Waals surface area contributed by atoms with E-state index in [0.29, 0.717) is 24.3 Å². The molecule has 1 aromatic heterocycles. The summed E-state index contributed by atoms with van der Waals surface area (Å²) in [5.41, 5.74) is 4.20. The lowest BCUT2D eigenvalue weighted by molar-refractivity contribution is -0.167. The highest BCUT2D eigenvalue weighted by Gasteiger charge is 2.58. The van der Waals surface area contributed by atoms with Crippen LogP contribution in [0.3, 0.4) is 0 Å². The molecule has 0 saturated carbocycles. The number of amides is 1. The van der Waals surface area contributed by atoms with Gasteiger partial charge in [-0.1, -0.05) is 92.2 Å². The highest BCUT2D eigenvalue weighted by Crippen LogP contribution is 2.46. The van der Waals surface area contributed by atoms with Gasteiger partial charge >= 0.3 is 11.7 Å². The van der Waals surface area contributed by atoms with E-state index in [1.165, 1.54) is 16.8 Å². The Kier molecular flexibility index (Phi) is 19.0. The molecule has 1 aliphatic heterocycles. The van der Waals surface area contributed by atoms with E-state index < -0.39 is 82.0 Å². The molecule has 0 aliphatic carbocycles. The summed E-state index contributed by atoms with van der Waals surface area (Å²) in [6, 6.07) is 6.83. The Morgan fingerprint density at radius 3 is 1.82 bits per heavy atom. The molecule has 2 aromatic rings. The molecule has 0 bridgehead atoms. The predicted octanol–water partition coefficient (Wildman–Crippen LogP) is 7.40. The number of aromatic nitrogens is 2. The Balaban J connectivity index is 2.14. The second-order valence-corrected chi connectivity index (χ2v) is 30.4. The average Bonchev–Trinajstić information content (AvgIpc) is 3.48. The Morgan fingerprint density at radius 2 is 1.32 bits per heavy atom. The molecule has 6 atom stereocenters. The monoisotopic (exact) mass is 905 g/mol. The van der Waals surface area contributed by atoms with Gasteiger partial charge in [0.1, 0.15) is 35.8 Å². The molecule has 1 fully saturated rings. The van der Waals surface area contributed by atoms with Crippen molar-refractivity contribution in [3.8, 4) is 5.75 Å². The fraction of sp³-hybridized carbons (Fsp3) is 0.739. The molecule has 352 valence electrons. The van der Waals surface area contributed by atoms with Crippen molar-refractivity contribution in [3.05, 3.63) is 62.9 Å². The maximum atomic E-state index is 14.6. The number of methoxy groups -OCH3 is 1. The summed E-state index contributed by atoms with van der Waals surface area (Å²) in [5.74, 6) is -0.605. The molecule has 1 unspecified atom stereocenters. The number of unbranched alkanes of at least 4 members (excludes halogenated alkanes) is 7. The molecule has 0 radical (unpaired) electrons. The molecular formula is C46H80N4O10Si2. The third-order valence-electron chi connectivity index (χ3n) is 12.6. The van der Waals surface area contributed by atoms with Crippen LogP contribution in [0.1, 0.15) is 132 Å². The number of carbonyl (C=O) groups is 2. The summed E-state index contributed by atoms with van der Waals surface area (Å²) in [6.07, 6.45) is 3.25. The quantitative estimate of drug-likeness (QED) is 0.0608. The van der Waals surface area contributed by atoms with Crippen molar-refractivity contribution >= 4 is 28.5 Å². The number of nitrogens with two attached hydrogens (primary N) is 1. The third-order valence-corrected chi connectivity index (χ3v) is 21.5. The van der Waals surface area contributed by atoms with Gasteiger partial charge in [-0.05, 0) is 94.1 Å². The first-order chi connectivity index (χ1) is 28.6. The largest absolute Gasteiger partial charge is 0.497 e. The number of hydrogen-bond acceptors (Lipinski definition) is 11. The number of hydrogen-bond donors (Lipinski definition) is 3. The number of aliphatic hydroxyl groups is 1. The molecule has 4 N–H and O–H groups in total. The molecule has 16 heteroatoms. The van der Waals surface area contributed by atoms with Gasteiger partial charge in [0, 0.05) is 18.7 Å². The molecule has 1 saturated heterocycles. The fourth-order valence-electron chi connectivity index (χ4n) is 6.82. The van der Waals surface area contributed by atoms with Gasteiger partial charge in [0.15, 0.2) is 28.9 Å². The second-order valence-electron chi connectivity index (χ2n) is 20.9. The van der Waals surface area contributed by atoms with Crippen molar-refractivity contribution in [1.82, 2.24) is 14.5 Å². The van der Waals surface area contributed by atoms with Crippen LogP contribution < -0.4 is 27.0 Å². The zero-order valence-electron chi connectivity index (χ0n) is 40.3. The van der Waals surface area contributed by atoms with E-state index in [1.54, 1.807) is 52.1 Å². The summed E-state index contributed by atoms with van der Waals surface area (Å²) in [4.78, 5) is 55.7. The van der Waals surface area contributed by atoms with Crippen molar-refractivity contribution in [1.29, 1.82) is 0 Å². The van der Waals surface area contributed by atoms with Crippen LogP contribution in [-0.4, -0.2) is 92.5 Å². The summed E-state index contributed by atoms with van der Waals surface area (Å²) in [6.45, 7) is 26.7. The minimum atomic E-state index is -2.73. The van der Waals surface area contributed by atoms with Crippen LogP contribution in [0.15, 0.2) is 46.1 Å². The van der Waals surface area contributed by atoms with Crippen LogP contribution in [0, 0.1) is 0 Å². The minimum Gasteiger partial charge on any atom is -0.497 e. The van der Waals surface area contributed by atoms with Crippen molar-refractivity contribution in [2.45, 2.75) is 205 Å².